The molecular weight excluding hydrogens is 240 g/mol. The van der Waals surface area contributed by atoms with Crippen molar-refractivity contribution < 1.29 is 14.3 Å². The van der Waals surface area contributed by atoms with Crippen molar-refractivity contribution in [1.29, 1.82) is 0 Å². The molecule has 0 unspecified atom stereocenters. The van der Waals surface area contributed by atoms with E-state index in [9.17, 15) is 4.79 Å². The third kappa shape index (κ3) is 3.72. The van der Waals surface area contributed by atoms with Crippen LogP contribution in [0.1, 0.15) is 49.9 Å². The van der Waals surface area contributed by atoms with E-state index in [0.717, 1.165) is 31.4 Å². The molecule has 1 aliphatic carbocycles. The van der Waals surface area contributed by atoms with Crippen molar-refractivity contribution in [3.05, 3.63) is 23.8 Å². The van der Waals surface area contributed by atoms with Gasteiger partial charge in [-0.15, -0.1) is 0 Å². The number of carbonyl (C=O) groups excluding carboxylic acids is 1. The number of Topliss-reactive ketones (excluding diaryl/α,β-unsaturated/α-hetero) is 1. The van der Waals surface area contributed by atoms with Gasteiger partial charge in [0.1, 0.15) is 11.5 Å². The summed E-state index contributed by atoms with van der Waals surface area (Å²) < 4.78 is 11.3. The summed E-state index contributed by atoms with van der Waals surface area (Å²) in [4.78, 5) is 12.3. The lowest BCUT2D eigenvalue weighted by Crippen LogP contribution is -2.07. The van der Waals surface area contributed by atoms with Gasteiger partial charge in [0.2, 0.25) is 0 Å². The first-order valence-corrected chi connectivity index (χ1v) is 7.20. The molecule has 0 N–H and O–H groups in total. The molecule has 19 heavy (non-hydrogen) atoms. The number of rotatable bonds is 8. The largest absolute Gasteiger partial charge is 0.494 e. The van der Waals surface area contributed by atoms with Crippen molar-refractivity contribution in [2.75, 3.05) is 13.2 Å². The van der Waals surface area contributed by atoms with E-state index in [1.807, 2.05) is 18.2 Å². The van der Waals surface area contributed by atoms with Gasteiger partial charge in [0.05, 0.1) is 18.8 Å². The van der Waals surface area contributed by atoms with Gasteiger partial charge in [-0.25, -0.2) is 0 Å². The highest BCUT2D eigenvalue weighted by atomic mass is 16.5. The fraction of sp³-hybridized carbons (Fsp3) is 0.562. The number of ether oxygens (including phenoxy) is 2. The normalized spacial score (nSPS) is 14.2. The first-order valence-electron chi connectivity index (χ1n) is 7.20. The fourth-order valence-electron chi connectivity index (χ4n) is 1.91. The summed E-state index contributed by atoms with van der Waals surface area (Å²) in [7, 11) is 0. The van der Waals surface area contributed by atoms with E-state index in [2.05, 4.69) is 13.8 Å². The Kier molecular flexibility index (Phi) is 4.83. The molecule has 0 aromatic heterocycles. The molecule has 1 aromatic carbocycles. The van der Waals surface area contributed by atoms with Gasteiger partial charge < -0.3 is 9.47 Å². The van der Waals surface area contributed by atoms with Crippen LogP contribution in [0.2, 0.25) is 0 Å². The molecule has 1 saturated carbocycles. The van der Waals surface area contributed by atoms with Crippen LogP contribution >= 0.6 is 0 Å². The number of carbonyl (C=O) groups is 1. The smallest absolute Gasteiger partial charge is 0.169 e. The van der Waals surface area contributed by atoms with Gasteiger partial charge in [-0.2, -0.15) is 0 Å². The van der Waals surface area contributed by atoms with Crippen LogP contribution in [0.4, 0.5) is 0 Å². The van der Waals surface area contributed by atoms with Crippen LogP contribution in [0.25, 0.3) is 0 Å². The summed E-state index contributed by atoms with van der Waals surface area (Å²) >= 11 is 0. The van der Waals surface area contributed by atoms with Crippen molar-refractivity contribution in [2.24, 2.45) is 5.92 Å². The summed E-state index contributed by atoms with van der Waals surface area (Å²) in [6, 6.07) is 5.57. The van der Waals surface area contributed by atoms with Crippen LogP contribution in [0.15, 0.2) is 18.2 Å². The molecule has 0 heterocycles. The molecule has 0 bridgehead atoms. The summed E-state index contributed by atoms with van der Waals surface area (Å²) in [6.07, 6.45) is 3.91. The van der Waals surface area contributed by atoms with E-state index in [1.165, 1.54) is 0 Å². The molecule has 0 radical (unpaired) electrons. The zero-order valence-electron chi connectivity index (χ0n) is 11.8. The third-order valence-corrected chi connectivity index (χ3v) is 3.10. The molecule has 0 spiro atoms. The quantitative estimate of drug-likeness (QED) is 0.667. The first kappa shape index (κ1) is 13.9. The van der Waals surface area contributed by atoms with Crippen molar-refractivity contribution in [3.8, 4) is 11.5 Å². The first-order chi connectivity index (χ1) is 9.26. The lowest BCUT2D eigenvalue weighted by Gasteiger charge is -2.12. The average molecular weight is 262 g/mol. The fourth-order valence-corrected chi connectivity index (χ4v) is 1.91. The van der Waals surface area contributed by atoms with Crippen LogP contribution in [0, 0.1) is 5.92 Å². The van der Waals surface area contributed by atoms with Crippen LogP contribution in [0.5, 0.6) is 11.5 Å². The number of ketones is 1. The zero-order valence-corrected chi connectivity index (χ0v) is 11.8. The van der Waals surface area contributed by atoms with Gasteiger partial charge in [0.25, 0.3) is 0 Å². The van der Waals surface area contributed by atoms with Crippen LogP contribution < -0.4 is 9.47 Å². The minimum absolute atomic E-state index is 0.199. The Bertz CT molecular complexity index is 436. The molecule has 2 rings (SSSR count). The highest BCUT2D eigenvalue weighted by Gasteiger charge is 2.32. The van der Waals surface area contributed by atoms with Gasteiger partial charge >= 0.3 is 0 Å². The van der Waals surface area contributed by atoms with E-state index < -0.39 is 0 Å². The van der Waals surface area contributed by atoms with E-state index in [-0.39, 0.29) is 11.7 Å². The van der Waals surface area contributed by atoms with Gasteiger partial charge in [-0.05, 0) is 43.9 Å². The molecule has 0 aliphatic heterocycles. The van der Waals surface area contributed by atoms with Crippen LogP contribution in [-0.4, -0.2) is 19.0 Å². The summed E-state index contributed by atoms with van der Waals surface area (Å²) in [5, 5.41) is 0. The molecule has 0 saturated heterocycles. The molecule has 1 aliphatic rings. The molecule has 3 nitrogen and oxygen atoms in total. The van der Waals surface area contributed by atoms with Gasteiger partial charge in [0.15, 0.2) is 5.78 Å². The Hall–Kier alpha value is -1.51. The van der Waals surface area contributed by atoms with E-state index in [1.54, 1.807) is 0 Å². The Balaban J connectivity index is 2.18. The maximum absolute atomic E-state index is 12.3. The summed E-state index contributed by atoms with van der Waals surface area (Å²) in [5.41, 5.74) is 0.685. The molecule has 104 valence electrons. The average Bonchev–Trinajstić information content (AvgIpc) is 3.27. The lowest BCUT2D eigenvalue weighted by atomic mass is 10.1. The number of benzene rings is 1. The highest BCUT2D eigenvalue weighted by Crippen LogP contribution is 2.36. The number of hydrogen-bond donors (Lipinski definition) is 0. The predicted octanol–water partition coefficient (Wildman–Crippen LogP) is 3.86. The lowest BCUT2D eigenvalue weighted by molar-refractivity contribution is 0.0963. The zero-order chi connectivity index (χ0) is 13.7. The van der Waals surface area contributed by atoms with Crippen molar-refractivity contribution in [2.45, 2.75) is 39.5 Å². The van der Waals surface area contributed by atoms with Gasteiger partial charge in [0, 0.05) is 5.92 Å². The standard InChI is InChI=1S/C16H22O3/c1-3-9-18-13-7-8-15(19-10-4-2)14(11-13)16(17)12-5-6-12/h7-8,11-12H,3-6,9-10H2,1-2H3. The maximum atomic E-state index is 12.3. The van der Waals surface area contributed by atoms with E-state index in [4.69, 9.17) is 9.47 Å². The Morgan fingerprint density at radius 3 is 2.47 bits per heavy atom. The Morgan fingerprint density at radius 2 is 1.84 bits per heavy atom. The summed E-state index contributed by atoms with van der Waals surface area (Å²) in [6.45, 7) is 5.43. The monoisotopic (exact) mass is 262 g/mol. The summed E-state index contributed by atoms with van der Waals surface area (Å²) in [5.74, 6) is 1.86. The second-order valence-electron chi connectivity index (χ2n) is 4.99. The van der Waals surface area contributed by atoms with E-state index in [0.29, 0.717) is 24.5 Å². The highest BCUT2D eigenvalue weighted by molar-refractivity contribution is 6.02. The Morgan fingerprint density at radius 1 is 1.16 bits per heavy atom. The second kappa shape index (κ2) is 6.60. The third-order valence-electron chi connectivity index (χ3n) is 3.10. The molecule has 0 amide bonds. The SMILES string of the molecule is CCCOc1ccc(OCCC)c(C(=O)C2CC2)c1. The maximum Gasteiger partial charge on any atom is 0.169 e. The topological polar surface area (TPSA) is 35.5 Å². The van der Waals surface area contributed by atoms with Crippen molar-refractivity contribution in [1.82, 2.24) is 0 Å². The predicted molar refractivity (Wildman–Crippen MR) is 75.1 cm³/mol. The van der Waals surface area contributed by atoms with Gasteiger partial charge in [-0.3, -0.25) is 4.79 Å². The molecule has 3 heteroatoms. The van der Waals surface area contributed by atoms with Crippen LogP contribution in [-0.2, 0) is 0 Å². The molecule has 1 fully saturated rings. The molecule has 1 aromatic rings. The van der Waals surface area contributed by atoms with Crippen LogP contribution in [0.3, 0.4) is 0 Å². The van der Waals surface area contributed by atoms with Crippen molar-refractivity contribution >= 4 is 5.78 Å². The number of hydrogen-bond acceptors (Lipinski definition) is 3. The minimum Gasteiger partial charge on any atom is -0.494 e. The van der Waals surface area contributed by atoms with E-state index >= 15 is 0 Å². The van der Waals surface area contributed by atoms with Gasteiger partial charge in [-0.1, -0.05) is 13.8 Å². The molecular formula is C16H22O3. The molecule has 0 atom stereocenters. The van der Waals surface area contributed by atoms with Crippen molar-refractivity contribution in [3.63, 3.8) is 0 Å². The minimum atomic E-state index is 0.199. The Labute approximate surface area is 114 Å². The second-order valence-corrected chi connectivity index (χ2v) is 4.99.